The lowest BCUT2D eigenvalue weighted by Crippen LogP contribution is -2.06. The third-order valence-electron chi connectivity index (χ3n) is 12.2. The van der Waals surface area contributed by atoms with Crippen LogP contribution in [0, 0.1) is 23.7 Å². The van der Waals surface area contributed by atoms with Crippen LogP contribution in [-0.4, -0.2) is 25.2 Å². The molecule has 0 aliphatic carbocycles. The van der Waals surface area contributed by atoms with Gasteiger partial charge in [0, 0.05) is 22.3 Å². The number of carbonyl (C=O) groups is 2. The van der Waals surface area contributed by atoms with E-state index >= 15 is 0 Å². The van der Waals surface area contributed by atoms with Crippen LogP contribution in [0.2, 0.25) is 0 Å². The van der Waals surface area contributed by atoms with E-state index in [1.807, 2.05) is 24.3 Å². The first kappa shape index (κ1) is 47.6. The van der Waals surface area contributed by atoms with Gasteiger partial charge in [0.25, 0.3) is 0 Å². The summed E-state index contributed by atoms with van der Waals surface area (Å²) in [7, 11) is 0. The molecule has 4 heteroatoms. The van der Waals surface area contributed by atoms with Gasteiger partial charge in [-0.3, -0.25) is 0 Å². The van der Waals surface area contributed by atoms with Gasteiger partial charge in [-0.1, -0.05) is 165 Å². The van der Waals surface area contributed by atoms with Crippen molar-refractivity contribution in [3.05, 3.63) is 143 Å². The van der Waals surface area contributed by atoms with Crippen LogP contribution >= 0.6 is 0 Å². The highest BCUT2D eigenvalue weighted by Crippen LogP contribution is 2.29. The maximum Gasteiger partial charge on any atom is 0.338 e. The van der Waals surface area contributed by atoms with Gasteiger partial charge in [-0.05, 0) is 142 Å². The van der Waals surface area contributed by atoms with Crippen LogP contribution in [-0.2, 0) is 9.47 Å². The van der Waals surface area contributed by atoms with E-state index in [0.29, 0.717) is 24.3 Å². The Morgan fingerprint density at radius 1 is 0.328 bits per heavy atom. The maximum atomic E-state index is 12.6. The van der Waals surface area contributed by atoms with E-state index in [9.17, 15) is 9.59 Å². The van der Waals surface area contributed by atoms with E-state index in [1.165, 1.54) is 114 Å². The Kier molecular flexibility index (Phi) is 19.9. The predicted octanol–water partition coefficient (Wildman–Crippen LogP) is 16.1. The minimum Gasteiger partial charge on any atom is -0.462 e. The standard InChI is InChI=1S/C60H68O4/c1-3-5-7-9-11-13-15-17-19-21-39-63-59(61)51-33-27-47(28-34-51)23-25-49-31-37-53-43-58-46-56-42-50(32-38-54(56)44-57(58)45-55(53)41-49)26-24-48-29-35-52(36-30-48)60(62)64-40-22-20-18-16-14-12-10-8-6-4-2/h27-38,41-46H,3-22,39-40H2,1-2H3. The summed E-state index contributed by atoms with van der Waals surface area (Å²) in [5.41, 5.74) is 4.69. The molecular weight excluding hydrogens is 785 g/mol. The molecule has 0 aromatic heterocycles. The Morgan fingerprint density at radius 3 is 0.969 bits per heavy atom. The maximum absolute atomic E-state index is 12.6. The van der Waals surface area contributed by atoms with E-state index in [0.717, 1.165) is 69.5 Å². The lowest BCUT2D eigenvalue weighted by Gasteiger charge is -2.06. The second-order valence-electron chi connectivity index (χ2n) is 17.5. The van der Waals surface area contributed by atoms with Crippen molar-refractivity contribution in [2.45, 2.75) is 142 Å². The molecule has 332 valence electrons. The molecule has 0 aliphatic heterocycles. The number of esters is 2. The molecule has 0 heterocycles. The van der Waals surface area contributed by atoms with Gasteiger partial charge in [0.1, 0.15) is 0 Å². The fraction of sp³-hybridized carbons (Fsp3) is 0.400. The fourth-order valence-corrected chi connectivity index (χ4v) is 8.25. The normalized spacial score (nSPS) is 11.0. The van der Waals surface area contributed by atoms with Crippen LogP contribution in [0.25, 0.3) is 32.3 Å². The molecule has 0 N–H and O–H groups in total. The van der Waals surface area contributed by atoms with Gasteiger partial charge in [0.2, 0.25) is 0 Å². The van der Waals surface area contributed by atoms with E-state index in [-0.39, 0.29) is 11.9 Å². The van der Waals surface area contributed by atoms with Gasteiger partial charge in [-0.25, -0.2) is 9.59 Å². The third kappa shape index (κ3) is 15.7. The first-order valence-corrected chi connectivity index (χ1v) is 24.5. The van der Waals surface area contributed by atoms with Crippen molar-refractivity contribution in [1.29, 1.82) is 0 Å². The smallest absolute Gasteiger partial charge is 0.338 e. The van der Waals surface area contributed by atoms with Crippen LogP contribution in [0.3, 0.4) is 0 Å². The topological polar surface area (TPSA) is 52.6 Å². The summed E-state index contributed by atoms with van der Waals surface area (Å²) in [6.07, 6.45) is 25.1. The molecule has 0 atom stereocenters. The molecule has 0 bridgehead atoms. The number of benzene rings is 6. The van der Waals surface area contributed by atoms with Crippen molar-refractivity contribution >= 4 is 44.3 Å². The molecule has 0 amide bonds. The summed E-state index contributed by atoms with van der Waals surface area (Å²) in [4.78, 5) is 25.2. The van der Waals surface area contributed by atoms with Crippen molar-refractivity contribution in [1.82, 2.24) is 0 Å². The summed E-state index contributed by atoms with van der Waals surface area (Å²) in [6.45, 7) is 5.45. The molecule has 6 aromatic rings. The van der Waals surface area contributed by atoms with E-state index < -0.39 is 0 Å². The average Bonchev–Trinajstić information content (AvgIpc) is 3.32. The summed E-state index contributed by atoms with van der Waals surface area (Å²) < 4.78 is 11.1. The zero-order valence-electron chi connectivity index (χ0n) is 38.6. The van der Waals surface area contributed by atoms with Gasteiger partial charge in [0.15, 0.2) is 0 Å². The Morgan fingerprint density at radius 2 is 0.609 bits per heavy atom. The molecule has 0 unspecified atom stereocenters. The summed E-state index contributed by atoms with van der Waals surface area (Å²) in [5, 5.41) is 6.91. The second kappa shape index (κ2) is 26.7. The molecule has 0 saturated heterocycles. The highest BCUT2D eigenvalue weighted by atomic mass is 16.5. The summed E-state index contributed by atoms with van der Waals surface area (Å²) in [5.74, 6) is 12.6. The van der Waals surface area contributed by atoms with Gasteiger partial charge in [-0.15, -0.1) is 0 Å². The fourth-order valence-electron chi connectivity index (χ4n) is 8.25. The highest BCUT2D eigenvalue weighted by Gasteiger charge is 2.09. The first-order chi connectivity index (χ1) is 31.5. The van der Waals surface area contributed by atoms with Crippen LogP contribution in [0.5, 0.6) is 0 Å². The van der Waals surface area contributed by atoms with Crippen molar-refractivity contribution in [3.63, 3.8) is 0 Å². The van der Waals surface area contributed by atoms with Crippen molar-refractivity contribution < 1.29 is 19.1 Å². The Bertz CT molecular complexity index is 2350. The van der Waals surface area contributed by atoms with E-state index in [1.54, 1.807) is 24.3 Å². The molecule has 6 rings (SSSR count). The molecule has 0 spiro atoms. The van der Waals surface area contributed by atoms with Gasteiger partial charge in [0.05, 0.1) is 24.3 Å². The van der Waals surface area contributed by atoms with E-state index in [2.05, 4.69) is 98.2 Å². The quantitative estimate of drug-likeness (QED) is 0.0263. The van der Waals surface area contributed by atoms with E-state index in [4.69, 9.17) is 9.47 Å². The average molecular weight is 853 g/mol. The SMILES string of the molecule is CCCCCCCCCCCCOC(=O)c1ccc(C#Cc2ccc3cc4cc5cc(C#Cc6ccc(C(=O)OCCCCCCCCCCCC)cc6)ccc5cc4cc3c2)cc1. The highest BCUT2D eigenvalue weighted by molar-refractivity contribution is 6.05. The summed E-state index contributed by atoms with van der Waals surface area (Å²) >= 11 is 0. The van der Waals surface area contributed by atoms with Crippen molar-refractivity contribution in [2.75, 3.05) is 13.2 Å². The lowest BCUT2D eigenvalue weighted by molar-refractivity contribution is 0.0488. The Labute approximate surface area is 383 Å². The number of ether oxygens (including phenoxy) is 2. The molecule has 0 saturated carbocycles. The number of fused-ring (bicyclic) bond motifs is 3. The lowest BCUT2D eigenvalue weighted by atomic mass is 9.98. The van der Waals surface area contributed by atoms with Crippen molar-refractivity contribution in [3.8, 4) is 23.7 Å². The number of carbonyl (C=O) groups excluding carboxylic acids is 2. The number of hydrogen-bond acceptors (Lipinski definition) is 4. The second-order valence-corrected chi connectivity index (χ2v) is 17.5. The molecule has 64 heavy (non-hydrogen) atoms. The van der Waals surface area contributed by atoms with Crippen LogP contribution in [0.4, 0.5) is 0 Å². The molecule has 0 fully saturated rings. The van der Waals surface area contributed by atoms with Crippen LogP contribution < -0.4 is 0 Å². The zero-order chi connectivity index (χ0) is 44.6. The molecular formula is C60H68O4. The number of rotatable bonds is 24. The monoisotopic (exact) mass is 853 g/mol. The van der Waals surface area contributed by atoms with Crippen molar-refractivity contribution in [2.24, 2.45) is 0 Å². The minimum absolute atomic E-state index is 0.271. The van der Waals surface area contributed by atoms with Gasteiger partial charge >= 0.3 is 11.9 Å². The minimum atomic E-state index is -0.271. The molecule has 0 aliphatic rings. The number of unbranched alkanes of at least 4 members (excludes halogenated alkanes) is 18. The molecule has 4 nitrogen and oxygen atoms in total. The Balaban J connectivity index is 0.961. The third-order valence-corrected chi connectivity index (χ3v) is 12.2. The molecule has 0 radical (unpaired) electrons. The number of hydrogen-bond donors (Lipinski definition) is 0. The first-order valence-electron chi connectivity index (χ1n) is 24.5. The van der Waals surface area contributed by atoms with Gasteiger partial charge < -0.3 is 9.47 Å². The molecule has 6 aromatic carbocycles. The van der Waals surface area contributed by atoms with Crippen LogP contribution in [0.1, 0.15) is 185 Å². The summed E-state index contributed by atoms with van der Waals surface area (Å²) in [6, 6.07) is 36.3. The van der Waals surface area contributed by atoms with Crippen LogP contribution in [0.15, 0.2) is 109 Å². The predicted molar refractivity (Wildman–Crippen MR) is 268 cm³/mol. The Hall–Kier alpha value is -5.84. The largest absolute Gasteiger partial charge is 0.462 e. The zero-order valence-corrected chi connectivity index (χ0v) is 38.6. The van der Waals surface area contributed by atoms with Gasteiger partial charge in [-0.2, -0.15) is 0 Å².